The summed E-state index contributed by atoms with van der Waals surface area (Å²) in [6.07, 6.45) is 6.45. The number of benzene rings is 1. The Bertz CT molecular complexity index is 386. The summed E-state index contributed by atoms with van der Waals surface area (Å²) in [6, 6.07) is 8.46. The van der Waals surface area contributed by atoms with Crippen molar-refractivity contribution in [3.63, 3.8) is 0 Å². The number of rotatable bonds is 3. The Morgan fingerprint density at radius 2 is 1.94 bits per heavy atom. The van der Waals surface area contributed by atoms with Crippen molar-refractivity contribution in [3.05, 3.63) is 29.8 Å². The summed E-state index contributed by atoms with van der Waals surface area (Å²) in [7, 11) is 1.68. The highest BCUT2D eigenvalue weighted by Gasteiger charge is 2.16. The molecule has 1 N–H and O–H groups in total. The third-order valence-electron chi connectivity index (χ3n) is 3.29. The van der Waals surface area contributed by atoms with Crippen molar-refractivity contribution in [1.82, 2.24) is 5.32 Å². The van der Waals surface area contributed by atoms with Crippen LogP contribution in [0.25, 0.3) is 0 Å². The van der Waals surface area contributed by atoms with Gasteiger partial charge in [-0.3, -0.25) is 0 Å². The van der Waals surface area contributed by atoms with E-state index in [2.05, 4.69) is 5.32 Å². The summed E-state index contributed by atoms with van der Waals surface area (Å²) in [5.41, 5.74) is 0.996. The van der Waals surface area contributed by atoms with Gasteiger partial charge in [-0.05, 0) is 25.0 Å². The predicted octanol–water partition coefficient (Wildman–Crippen LogP) is 3.29. The summed E-state index contributed by atoms with van der Waals surface area (Å²) in [4.78, 5) is 0.814. The van der Waals surface area contributed by atoms with Crippen LogP contribution in [0, 0.1) is 0 Å². The van der Waals surface area contributed by atoms with Crippen molar-refractivity contribution in [2.45, 2.75) is 38.1 Å². The van der Waals surface area contributed by atoms with Gasteiger partial charge >= 0.3 is 0 Å². The van der Waals surface area contributed by atoms with Crippen LogP contribution in [0.1, 0.15) is 37.7 Å². The van der Waals surface area contributed by atoms with E-state index < -0.39 is 0 Å². The fraction of sp³-hybridized carbons (Fsp3) is 0.500. The van der Waals surface area contributed by atoms with Gasteiger partial charge in [0.15, 0.2) is 0 Å². The first kappa shape index (κ1) is 12.4. The molecule has 1 aromatic carbocycles. The number of para-hydroxylation sites is 1. The Labute approximate surface area is 108 Å². The molecule has 0 saturated heterocycles. The molecule has 1 aliphatic carbocycles. The van der Waals surface area contributed by atoms with Crippen LogP contribution in [0.5, 0.6) is 5.75 Å². The third-order valence-corrected chi connectivity index (χ3v) is 3.63. The molecule has 0 aliphatic heterocycles. The number of thiocarbonyl (C=S) groups is 1. The Kier molecular flexibility index (Phi) is 4.37. The van der Waals surface area contributed by atoms with E-state index in [0.29, 0.717) is 6.04 Å². The largest absolute Gasteiger partial charge is 0.496 e. The molecule has 1 aromatic rings. The fourth-order valence-corrected chi connectivity index (χ4v) is 2.68. The van der Waals surface area contributed by atoms with Gasteiger partial charge in [0.25, 0.3) is 0 Å². The molecule has 2 nitrogen and oxygen atoms in total. The first-order valence-electron chi connectivity index (χ1n) is 6.25. The predicted molar refractivity (Wildman–Crippen MR) is 74.7 cm³/mol. The average molecular weight is 249 g/mol. The van der Waals surface area contributed by atoms with Gasteiger partial charge < -0.3 is 10.1 Å². The molecule has 0 aromatic heterocycles. The zero-order valence-electron chi connectivity index (χ0n) is 10.2. The number of ether oxygens (including phenoxy) is 1. The molecule has 92 valence electrons. The normalized spacial score (nSPS) is 16.5. The van der Waals surface area contributed by atoms with Gasteiger partial charge in [-0.2, -0.15) is 0 Å². The summed E-state index contributed by atoms with van der Waals surface area (Å²) in [5.74, 6) is 0.848. The summed E-state index contributed by atoms with van der Waals surface area (Å²) in [5, 5.41) is 3.46. The minimum Gasteiger partial charge on any atom is -0.496 e. The van der Waals surface area contributed by atoms with E-state index in [4.69, 9.17) is 17.0 Å². The molecule has 17 heavy (non-hydrogen) atoms. The molecule has 0 unspecified atom stereocenters. The van der Waals surface area contributed by atoms with Gasteiger partial charge in [0.2, 0.25) is 0 Å². The van der Waals surface area contributed by atoms with E-state index >= 15 is 0 Å². The molecule has 0 atom stereocenters. The lowest BCUT2D eigenvalue weighted by molar-refractivity contribution is 0.408. The van der Waals surface area contributed by atoms with Crippen molar-refractivity contribution in [3.8, 4) is 5.75 Å². The summed E-state index contributed by atoms with van der Waals surface area (Å²) < 4.78 is 5.33. The van der Waals surface area contributed by atoms with Crippen molar-refractivity contribution >= 4 is 17.2 Å². The topological polar surface area (TPSA) is 21.3 Å². The maximum Gasteiger partial charge on any atom is 0.129 e. The zero-order chi connectivity index (χ0) is 12.1. The van der Waals surface area contributed by atoms with E-state index in [1.165, 1.54) is 32.1 Å². The molecule has 1 aliphatic rings. The quantitative estimate of drug-likeness (QED) is 0.831. The van der Waals surface area contributed by atoms with Gasteiger partial charge in [0.1, 0.15) is 10.7 Å². The zero-order valence-corrected chi connectivity index (χ0v) is 11.1. The van der Waals surface area contributed by atoms with Gasteiger partial charge in [-0.15, -0.1) is 0 Å². The standard InChI is InChI=1S/C14H19NOS/c1-16-13-10-6-5-9-12(13)14(17)15-11-7-3-2-4-8-11/h5-6,9-11H,2-4,7-8H2,1H3,(H,15,17). The van der Waals surface area contributed by atoms with Crippen LogP contribution in [0.15, 0.2) is 24.3 Å². The Hall–Kier alpha value is -1.09. The molecule has 2 rings (SSSR count). The maximum atomic E-state index is 5.46. The van der Waals surface area contributed by atoms with Crippen molar-refractivity contribution in [1.29, 1.82) is 0 Å². The van der Waals surface area contributed by atoms with E-state index in [-0.39, 0.29) is 0 Å². The molecule has 1 fully saturated rings. The second-order valence-corrected chi connectivity index (χ2v) is 4.92. The number of methoxy groups -OCH3 is 1. The number of nitrogens with one attached hydrogen (secondary N) is 1. The van der Waals surface area contributed by atoms with Gasteiger partial charge in [-0.1, -0.05) is 43.6 Å². The highest BCUT2D eigenvalue weighted by molar-refractivity contribution is 7.80. The van der Waals surface area contributed by atoms with Crippen LogP contribution in [-0.4, -0.2) is 18.1 Å². The first-order chi connectivity index (χ1) is 8.31. The van der Waals surface area contributed by atoms with Gasteiger partial charge in [0, 0.05) is 6.04 Å². The third kappa shape index (κ3) is 3.19. The minimum absolute atomic E-state index is 0.543. The molecular weight excluding hydrogens is 230 g/mol. The van der Waals surface area contributed by atoms with Crippen molar-refractivity contribution < 1.29 is 4.74 Å². The fourth-order valence-electron chi connectivity index (χ4n) is 2.34. The van der Waals surface area contributed by atoms with Crippen LogP contribution >= 0.6 is 12.2 Å². The Morgan fingerprint density at radius 1 is 1.24 bits per heavy atom. The molecule has 0 spiro atoms. The molecule has 3 heteroatoms. The van der Waals surface area contributed by atoms with E-state index in [1.807, 2.05) is 24.3 Å². The molecule has 0 bridgehead atoms. The lowest BCUT2D eigenvalue weighted by atomic mass is 9.95. The second-order valence-electron chi connectivity index (χ2n) is 4.51. The summed E-state index contributed by atoms with van der Waals surface area (Å²) >= 11 is 5.46. The molecule has 1 saturated carbocycles. The molecule has 0 heterocycles. The maximum absolute atomic E-state index is 5.46. The van der Waals surface area contributed by atoms with Crippen molar-refractivity contribution in [2.75, 3.05) is 7.11 Å². The molecule has 0 amide bonds. The number of hydrogen-bond donors (Lipinski definition) is 1. The molecular formula is C14H19NOS. The van der Waals surface area contributed by atoms with E-state index in [0.717, 1.165) is 16.3 Å². The van der Waals surface area contributed by atoms with E-state index in [9.17, 15) is 0 Å². The van der Waals surface area contributed by atoms with Crippen LogP contribution < -0.4 is 10.1 Å². The minimum atomic E-state index is 0.543. The van der Waals surface area contributed by atoms with Crippen LogP contribution in [0.2, 0.25) is 0 Å². The molecule has 0 radical (unpaired) electrons. The van der Waals surface area contributed by atoms with E-state index in [1.54, 1.807) is 7.11 Å². The van der Waals surface area contributed by atoms with Gasteiger partial charge in [0.05, 0.1) is 12.7 Å². The average Bonchev–Trinajstić information content (AvgIpc) is 2.40. The first-order valence-corrected chi connectivity index (χ1v) is 6.66. The lowest BCUT2D eigenvalue weighted by Crippen LogP contribution is -2.35. The highest BCUT2D eigenvalue weighted by atomic mass is 32.1. The summed E-state index contributed by atoms with van der Waals surface area (Å²) in [6.45, 7) is 0. The van der Waals surface area contributed by atoms with Crippen LogP contribution in [-0.2, 0) is 0 Å². The monoisotopic (exact) mass is 249 g/mol. The Morgan fingerprint density at radius 3 is 2.65 bits per heavy atom. The number of hydrogen-bond acceptors (Lipinski definition) is 2. The SMILES string of the molecule is COc1ccccc1C(=S)NC1CCCCC1. The van der Waals surface area contributed by atoms with Gasteiger partial charge in [-0.25, -0.2) is 0 Å². The van der Waals surface area contributed by atoms with Crippen LogP contribution in [0.4, 0.5) is 0 Å². The lowest BCUT2D eigenvalue weighted by Gasteiger charge is -2.24. The second kappa shape index (κ2) is 6.01. The smallest absolute Gasteiger partial charge is 0.129 e. The van der Waals surface area contributed by atoms with Crippen molar-refractivity contribution in [2.24, 2.45) is 0 Å². The van der Waals surface area contributed by atoms with Crippen LogP contribution in [0.3, 0.4) is 0 Å². The Balaban J connectivity index is 2.03. The highest BCUT2D eigenvalue weighted by Crippen LogP contribution is 2.21.